The molecule has 1 amide bonds. The van der Waals surface area contributed by atoms with Gasteiger partial charge in [0.1, 0.15) is 17.4 Å². The highest BCUT2D eigenvalue weighted by molar-refractivity contribution is 5.81. The van der Waals surface area contributed by atoms with Crippen molar-refractivity contribution in [3.8, 4) is 5.75 Å². The average Bonchev–Trinajstić information content (AvgIpc) is 2.89. The van der Waals surface area contributed by atoms with Crippen molar-refractivity contribution < 1.29 is 24.2 Å². The Bertz CT molecular complexity index is 608. The number of amides is 1. The number of methoxy groups -OCH3 is 1. The van der Waals surface area contributed by atoms with Crippen LogP contribution in [0.5, 0.6) is 5.75 Å². The van der Waals surface area contributed by atoms with E-state index in [0.29, 0.717) is 19.4 Å². The van der Waals surface area contributed by atoms with Gasteiger partial charge in [-0.3, -0.25) is 4.90 Å². The first kappa shape index (κ1) is 18.1. The van der Waals surface area contributed by atoms with Crippen LogP contribution in [0, 0.1) is 5.92 Å². The van der Waals surface area contributed by atoms with Gasteiger partial charge in [-0.15, -0.1) is 0 Å². The van der Waals surface area contributed by atoms with Crippen LogP contribution in [0.4, 0.5) is 4.79 Å². The van der Waals surface area contributed by atoms with Gasteiger partial charge in [0.2, 0.25) is 0 Å². The van der Waals surface area contributed by atoms with Crippen molar-refractivity contribution >= 4 is 12.1 Å². The molecule has 1 aromatic rings. The van der Waals surface area contributed by atoms with Crippen molar-refractivity contribution in [3.63, 3.8) is 0 Å². The second-order valence-electron chi connectivity index (χ2n) is 7.06. The maximum Gasteiger partial charge on any atom is 0.411 e. The number of ether oxygens (including phenoxy) is 2. The van der Waals surface area contributed by atoms with E-state index in [4.69, 9.17) is 9.47 Å². The van der Waals surface area contributed by atoms with E-state index in [9.17, 15) is 14.7 Å². The Kier molecular flexibility index (Phi) is 5.36. The summed E-state index contributed by atoms with van der Waals surface area (Å²) in [6.45, 7) is 5.69. The van der Waals surface area contributed by atoms with E-state index in [-0.39, 0.29) is 5.92 Å². The molecule has 2 atom stereocenters. The summed E-state index contributed by atoms with van der Waals surface area (Å²) in [6, 6.07) is 6.70. The number of hydrogen-bond donors (Lipinski definition) is 1. The Morgan fingerprint density at radius 3 is 2.62 bits per heavy atom. The number of carboxylic acid groups (broad SMARTS) is 1. The lowest BCUT2D eigenvalue weighted by Crippen LogP contribution is -2.45. The number of aliphatic carboxylic acids is 1. The number of carbonyl (C=O) groups is 2. The normalized spacial score (nSPS) is 20.8. The third-order valence-electron chi connectivity index (χ3n) is 4.04. The van der Waals surface area contributed by atoms with Gasteiger partial charge in [0.05, 0.1) is 7.11 Å². The zero-order valence-corrected chi connectivity index (χ0v) is 14.6. The minimum atomic E-state index is -0.994. The van der Waals surface area contributed by atoms with E-state index in [1.807, 2.05) is 24.3 Å². The number of rotatable bonds is 4. The largest absolute Gasteiger partial charge is 0.497 e. The van der Waals surface area contributed by atoms with E-state index >= 15 is 0 Å². The maximum atomic E-state index is 12.3. The summed E-state index contributed by atoms with van der Waals surface area (Å²) in [5, 5.41) is 9.61. The van der Waals surface area contributed by atoms with Gasteiger partial charge in [-0.25, -0.2) is 9.59 Å². The molecule has 2 unspecified atom stereocenters. The molecule has 0 aliphatic carbocycles. The molecule has 0 radical (unpaired) electrons. The van der Waals surface area contributed by atoms with Gasteiger partial charge in [-0.05, 0) is 57.2 Å². The SMILES string of the molecule is COc1cccc(CC2CCN(C(=O)OC(C)(C)C)C2C(=O)O)c1. The second kappa shape index (κ2) is 7.11. The zero-order valence-electron chi connectivity index (χ0n) is 14.6. The average molecular weight is 335 g/mol. The lowest BCUT2D eigenvalue weighted by Gasteiger charge is -2.28. The molecule has 24 heavy (non-hydrogen) atoms. The van der Waals surface area contributed by atoms with Gasteiger partial charge >= 0.3 is 12.1 Å². The molecule has 1 heterocycles. The van der Waals surface area contributed by atoms with Crippen LogP contribution in [-0.2, 0) is 16.0 Å². The monoisotopic (exact) mass is 335 g/mol. The van der Waals surface area contributed by atoms with Crippen molar-refractivity contribution in [2.24, 2.45) is 5.92 Å². The standard InChI is InChI=1S/C18H25NO5/c1-18(2,3)24-17(22)19-9-8-13(15(19)16(20)21)10-12-6-5-7-14(11-12)23-4/h5-7,11,13,15H,8-10H2,1-4H3,(H,20,21). The number of carbonyl (C=O) groups excluding carboxylic acids is 1. The third kappa shape index (κ3) is 4.40. The van der Waals surface area contributed by atoms with Crippen molar-refractivity contribution in [3.05, 3.63) is 29.8 Å². The smallest absolute Gasteiger partial charge is 0.411 e. The summed E-state index contributed by atoms with van der Waals surface area (Å²) < 4.78 is 10.5. The number of hydrogen-bond acceptors (Lipinski definition) is 4. The summed E-state index contributed by atoms with van der Waals surface area (Å²) in [5.41, 5.74) is 0.349. The summed E-state index contributed by atoms with van der Waals surface area (Å²) in [5.74, 6) is -0.408. The number of nitrogens with zero attached hydrogens (tertiary/aromatic N) is 1. The minimum Gasteiger partial charge on any atom is -0.497 e. The first-order valence-electron chi connectivity index (χ1n) is 8.06. The minimum absolute atomic E-state index is 0.151. The van der Waals surface area contributed by atoms with Crippen molar-refractivity contribution in [1.82, 2.24) is 4.90 Å². The Morgan fingerprint density at radius 2 is 2.04 bits per heavy atom. The van der Waals surface area contributed by atoms with Gasteiger partial charge in [-0.2, -0.15) is 0 Å². The topological polar surface area (TPSA) is 76.1 Å². The maximum absolute atomic E-state index is 12.3. The molecule has 2 rings (SSSR count). The van der Waals surface area contributed by atoms with Crippen LogP contribution >= 0.6 is 0 Å². The molecule has 1 saturated heterocycles. The van der Waals surface area contributed by atoms with Crippen molar-refractivity contribution in [1.29, 1.82) is 0 Å². The van der Waals surface area contributed by atoms with Crippen LogP contribution in [0.1, 0.15) is 32.8 Å². The predicted molar refractivity (Wildman–Crippen MR) is 89.2 cm³/mol. The van der Waals surface area contributed by atoms with Crippen LogP contribution in [0.25, 0.3) is 0 Å². The van der Waals surface area contributed by atoms with E-state index in [2.05, 4.69) is 0 Å². The first-order chi connectivity index (χ1) is 11.2. The number of benzene rings is 1. The first-order valence-corrected chi connectivity index (χ1v) is 8.06. The molecule has 6 heteroatoms. The van der Waals surface area contributed by atoms with Crippen molar-refractivity contribution in [2.45, 2.75) is 45.3 Å². The molecule has 6 nitrogen and oxygen atoms in total. The van der Waals surface area contributed by atoms with E-state index < -0.39 is 23.7 Å². The molecular formula is C18H25NO5. The summed E-state index contributed by atoms with van der Waals surface area (Å²) in [7, 11) is 1.60. The molecule has 0 bridgehead atoms. The van der Waals surface area contributed by atoms with Crippen LogP contribution in [0.2, 0.25) is 0 Å². The summed E-state index contributed by atoms with van der Waals surface area (Å²) in [4.78, 5) is 25.4. The fourth-order valence-electron chi connectivity index (χ4n) is 3.03. The van der Waals surface area contributed by atoms with Gasteiger partial charge in [-0.1, -0.05) is 12.1 Å². The van der Waals surface area contributed by atoms with E-state index in [1.54, 1.807) is 27.9 Å². The Balaban J connectivity index is 2.13. The fourth-order valence-corrected chi connectivity index (χ4v) is 3.03. The highest BCUT2D eigenvalue weighted by Gasteiger charge is 2.43. The van der Waals surface area contributed by atoms with Gasteiger partial charge in [0.25, 0.3) is 0 Å². The van der Waals surface area contributed by atoms with Gasteiger partial charge in [0, 0.05) is 6.54 Å². The fraction of sp³-hybridized carbons (Fsp3) is 0.556. The Hall–Kier alpha value is -2.24. The Labute approximate surface area is 142 Å². The van der Waals surface area contributed by atoms with Crippen LogP contribution < -0.4 is 4.74 Å². The van der Waals surface area contributed by atoms with Gasteiger partial charge in [0.15, 0.2) is 0 Å². The quantitative estimate of drug-likeness (QED) is 0.915. The lowest BCUT2D eigenvalue weighted by molar-refractivity contribution is -0.143. The molecule has 1 N–H and O–H groups in total. The third-order valence-corrected chi connectivity index (χ3v) is 4.04. The van der Waals surface area contributed by atoms with Crippen LogP contribution in [-0.4, -0.2) is 47.4 Å². The zero-order chi connectivity index (χ0) is 17.9. The van der Waals surface area contributed by atoms with E-state index in [0.717, 1.165) is 11.3 Å². The molecular weight excluding hydrogens is 310 g/mol. The molecule has 0 aromatic heterocycles. The van der Waals surface area contributed by atoms with Crippen LogP contribution in [0.15, 0.2) is 24.3 Å². The lowest BCUT2D eigenvalue weighted by atomic mass is 9.92. The molecule has 132 valence electrons. The molecule has 0 saturated carbocycles. The molecule has 1 aromatic carbocycles. The predicted octanol–water partition coefficient (Wildman–Crippen LogP) is 2.95. The highest BCUT2D eigenvalue weighted by Crippen LogP contribution is 2.30. The number of likely N-dealkylation sites (tertiary alicyclic amines) is 1. The molecule has 1 fully saturated rings. The second-order valence-corrected chi connectivity index (χ2v) is 7.06. The van der Waals surface area contributed by atoms with Crippen molar-refractivity contribution in [2.75, 3.05) is 13.7 Å². The summed E-state index contributed by atoms with van der Waals surface area (Å²) in [6.07, 6.45) is 0.643. The molecule has 1 aliphatic rings. The van der Waals surface area contributed by atoms with E-state index in [1.165, 1.54) is 4.90 Å². The molecule has 1 aliphatic heterocycles. The Morgan fingerprint density at radius 1 is 1.33 bits per heavy atom. The molecule has 0 spiro atoms. The van der Waals surface area contributed by atoms with Crippen LogP contribution in [0.3, 0.4) is 0 Å². The summed E-state index contributed by atoms with van der Waals surface area (Å²) >= 11 is 0. The highest BCUT2D eigenvalue weighted by atomic mass is 16.6. The number of carboxylic acids is 1. The van der Waals surface area contributed by atoms with Gasteiger partial charge < -0.3 is 14.6 Å².